The SMILES string of the molecule is Cc1ccc(CN2CCC3(CC2)C(=O)N(C)CC3c2ccccc2)s1.O=C(O)C(F)(F)F. The number of carbonyl (C=O) groups excluding carboxylic acids is 1. The highest BCUT2D eigenvalue weighted by Gasteiger charge is 2.54. The van der Waals surface area contributed by atoms with Crippen molar-refractivity contribution < 1.29 is 27.9 Å². The van der Waals surface area contributed by atoms with Gasteiger partial charge in [-0.1, -0.05) is 30.3 Å². The number of benzene rings is 1. The first-order valence-corrected chi connectivity index (χ1v) is 11.2. The van der Waals surface area contributed by atoms with Crippen LogP contribution in [-0.4, -0.2) is 59.6 Å². The van der Waals surface area contributed by atoms with Gasteiger partial charge in [0.2, 0.25) is 5.91 Å². The fourth-order valence-electron chi connectivity index (χ4n) is 4.63. The van der Waals surface area contributed by atoms with Gasteiger partial charge in [0.05, 0.1) is 5.41 Å². The number of hydrogen-bond acceptors (Lipinski definition) is 4. The van der Waals surface area contributed by atoms with Gasteiger partial charge in [0.1, 0.15) is 0 Å². The summed E-state index contributed by atoms with van der Waals surface area (Å²) in [5, 5.41) is 7.12. The van der Waals surface area contributed by atoms with E-state index < -0.39 is 12.1 Å². The average Bonchev–Trinajstić information content (AvgIpc) is 3.26. The van der Waals surface area contributed by atoms with E-state index in [0.717, 1.165) is 39.0 Å². The first kappa shape index (κ1) is 24.3. The van der Waals surface area contributed by atoms with Crippen LogP contribution in [-0.2, 0) is 16.1 Å². The molecule has 1 aromatic heterocycles. The van der Waals surface area contributed by atoms with Crippen molar-refractivity contribution in [2.24, 2.45) is 5.41 Å². The predicted molar refractivity (Wildman–Crippen MR) is 117 cm³/mol. The van der Waals surface area contributed by atoms with E-state index in [2.05, 4.69) is 54.3 Å². The Labute approximate surface area is 189 Å². The summed E-state index contributed by atoms with van der Waals surface area (Å²) in [6.07, 6.45) is -3.14. The molecule has 1 N–H and O–H groups in total. The maximum atomic E-state index is 13.0. The Balaban J connectivity index is 0.000000360. The molecule has 1 aromatic carbocycles. The normalized spacial score (nSPS) is 20.8. The van der Waals surface area contributed by atoms with Gasteiger partial charge in [-0.25, -0.2) is 4.79 Å². The molecule has 1 spiro atoms. The number of nitrogens with zero attached hydrogens (tertiary/aromatic N) is 2. The predicted octanol–water partition coefficient (Wildman–Crippen LogP) is 4.53. The molecule has 2 aliphatic heterocycles. The minimum absolute atomic E-state index is 0.196. The van der Waals surface area contributed by atoms with Crippen molar-refractivity contribution in [1.29, 1.82) is 0 Å². The molecule has 0 radical (unpaired) electrons. The molecule has 2 aliphatic rings. The van der Waals surface area contributed by atoms with Crippen LogP contribution in [0.25, 0.3) is 0 Å². The van der Waals surface area contributed by atoms with E-state index in [-0.39, 0.29) is 5.41 Å². The molecule has 0 saturated carbocycles. The summed E-state index contributed by atoms with van der Waals surface area (Å²) in [7, 11) is 1.97. The summed E-state index contributed by atoms with van der Waals surface area (Å²) in [4.78, 5) is 29.2. The van der Waals surface area contributed by atoms with Gasteiger partial charge in [-0.3, -0.25) is 9.69 Å². The lowest BCUT2D eigenvalue weighted by Gasteiger charge is -2.41. The molecule has 1 amide bonds. The number of carboxylic acid groups (broad SMARTS) is 1. The van der Waals surface area contributed by atoms with Crippen LogP contribution in [0.15, 0.2) is 42.5 Å². The number of hydrogen-bond donors (Lipinski definition) is 1. The van der Waals surface area contributed by atoms with E-state index >= 15 is 0 Å². The Kier molecular flexibility index (Phi) is 7.29. The highest BCUT2D eigenvalue weighted by Crippen LogP contribution is 2.50. The number of halogens is 3. The summed E-state index contributed by atoms with van der Waals surface area (Å²) in [6, 6.07) is 15.1. The second-order valence-electron chi connectivity index (χ2n) is 8.40. The second-order valence-corrected chi connectivity index (χ2v) is 9.77. The van der Waals surface area contributed by atoms with E-state index in [4.69, 9.17) is 9.90 Å². The van der Waals surface area contributed by atoms with Gasteiger partial charge >= 0.3 is 12.1 Å². The minimum atomic E-state index is -5.08. The molecule has 0 aliphatic carbocycles. The van der Waals surface area contributed by atoms with Gasteiger partial charge in [-0.2, -0.15) is 13.2 Å². The number of likely N-dealkylation sites (N-methyl/N-ethyl adjacent to an activating group) is 1. The molecule has 174 valence electrons. The molecule has 9 heteroatoms. The van der Waals surface area contributed by atoms with Gasteiger partial charge in [-0.05, 0) is 50.6 Å². The summed E-state index contributed by atoms with van der Waals surface area (Å²) in [6.45, 7) is 6.07. The fraction of sp³-hybridized carbons (Fsp3) is 0.478. The van der Waals surface area contributed by atoms with Crippen molar-refractivity contribution in [2.75, 3.05) is 26.7 Å². The first-order chi connectivity index (χ1) is 15.0. The zero-order valence-electron chi connectivity index (χ0n) is 18.1. The van der Waals surface area contributed by atoms with Gasteiger partial charge in [0.25, 0.3) is 0 Å². The lowest BCUT2D eigenvalue weighted by molar-refractivity contribution is -0.192. The van der Waals surface area contributed by atoms with Crippen LogP contribution in [0.3, 0.4) is 0 Å². The monoisotopic (exact) mass is 468 g/mol. The summed E-state index contributed by atoms with van der Waals surface area (Å²) < 4.78 is 31.7. The van der Waals surface area contributed by atoms with Crippen molar-refractivity contribution in [3.05, 3.63) is 57.8 Å². The Morgan fingerprint density at radius 3 is 2.25 bits per heavy atom. The molecule has 5 nitrogen and oxygen atoms in total. The average molecular weight is 469 g/mol. The first-order valence-electron chi connectivity index (χ1n) is 10.4. The number of thiophene rings is 1. The largest absolute Gasteiger partial charge is 0.490 e. The number of piperidine rings is 1. The van der Waals surface area contributed by atoms with Crippen LogP contribution in [0.2, 0.25) is 0 Å². The highest BCUT2D eigenvalue weighted by molar-refractivity contribution is 7.11. The number of alkyl halides is 3. The molecule has 0 bridgehead atoms. The third kappa shape index (κ3) is 5.32. The number of carboxylic acids is 1. The topological polar surface area (TPSA) is 60.9 Å². The maximum absolute atomic E-state index is 13.0. The van der Waals surface area contributed by atoms with Crippen molar-refractivity contribution in [3.8, 4) is 0 Å². The van der Waals surface area contributed by atoms with Gasteiger partial charge in [-0.15, -0.1) is 11.3 Å². The molecule has 2 fully saturated rings. The second kappa shape index (κ2) is 9.62. The van der Waals surface area contributed by atoms with Crippen molar-refractivity contribution in [2.45, 2.75) is 38.4 Å². The third-order valence-electron chi connectivity index (χ3n) is 6.26. The Morgan fingerprint density at radius 1 is 1.16 bits per heavy atom. The van der Waals surface area contributed by atoms with Crippen LogP contribution >= 0.6 is 11.3 Å². The van der Waals surface area contributed by atoms with Crippen LogP contribution < -0.4 is 0 Å². The Morgan fingerprint density at radius 2 is 1.75 bits per heavy atom. The number of rotatable bonds is 3. The van der Waals surface area contributed by atoms with Crippen LogP contribution in [0, 0.1) is 12.3 Å². The fourth-order valence-corrected chi connectivity index (χ4v) is 5.57. The molecule has 3 heterocycles. The molecule has 32 heavy (non-hydrogen) atoms. The molecule has 4 rings (SSSR count). The lowest BCUT2D eigenvalue weighted by atomic mass is 9.68. The quantitative estimate of drug-likeness (QED) is 0.719. The molecule has 1 unspecified atom stereocenters. The number of aryl methyl sites for hydroxylation is 1. The zero-order valence-corrected chi connectivity index (χ0v) is 18.9. The maximum Gasteiger partial charge on any atom is 0.490 e. The summed E-state index contributed by atoms with van der Waals surface area (Å²) >= 11 is 1.89. The van der Waals surface area contributed by atoms with Gasteiger partial charge in [0, 0.05) is 35.8 Å². The third-order valence-corrected chi connectivity index (χ3v) is 7.25. The summed E-state index contributed by atoms with van der Waals surface area (Å²) in [5.41, 5.74) is 1.13. The molecule has 2 aromatic rings. The smallest absolute Gasteiger partial charge is 0.475 e. The van der Waals surface area contributed by atoms with E-state index in [1.54, 1.807) is 0 Å². The van der Waals surface area contributed by atoms with Crippen LogP contribution in [0.1, 0.15) is 34.1 Å². The molecular formula is C23H27F3N2O3S. The van der Waals surface area contributed by atoms with Crippen LogP contribution in [0.5, 0.6) is 0 Å². The lowest BCUT2D eigenvalue weighted by Crippen LogP contribution is -2.45. The van der Waals surface area contributed by atoms with Gasteiger partial charge in [0.15, 0.2) is 0 Å². The van der Waals surface area contributed by atoms with Crippen molar-refractivity contribution in [1.82, 2.24) is 9.80 Å². The van der Waals surface area contributed by atoms with E-state index in [1.165, 1.54) is 15.3 Å². The van der Waals surface area contributed by atoms with E-state index in [0.29, 0.717) is 11.8 Å². The van der Waals surface area contributed by atoms with E-state index in [9.17, 15) is 18.0 Å². The Hall–Kier alpha value is -2.39. The Bertz CT molecular complexity index is 937. The molecular weight excluding hydrogens is 441 g/mol. The van der Waals surface area contributed by atoms with Crippen LogP contribution in [0.4, 0.5) is 13.2 Å². The standard InChI is InChI=1S/C21H26N2OS.C2HF3O2/c1-16-8-9-18(25-16)14-23-12-10-21(11-13-23)19(15-22(2)20(21)24)17-6-4-3-5-7-17;3-2(4,5)1(6)7/h3-9,19H,10-15H2,1-2H3;(H,6,7). The number of amides is 1. The number of likely N-dealkylation sites (tertiary alicyclic amines) is 2. The van der Waals surface area contributed by atoms with E-state index in [1.807, 2.05) is 23.3 Å². The number of aliphatic carboxylic acids is 1. The molecule has 2 saturated heterocycles. The van der Waals surface area contributed by atoms with Gasteiger partial charge < -0.3 is 10.0 Å². The highest BCUT2D eigenvalue weighted by atomic mass is 32.1. The molecule has 1 atom stereocenters. The van der Waals surface area contributed by atoms with Crippen molar-refractivity contribution >= 4 is 23.2 Å². The van der Waals surface area contributed by atoms with Crippen molar-refractivity contribution in [3.63, 3.8) is 0 Å². The number of carbonyl (C=O) groups is 2. The zero-order chi connectivity index (χ0) is 23.5. The minimum Gasteiger partial charge on any atom is -0.475 e. The summed E-state index contributed by atoms with van der Waals surface area (Å²) in [5.74, 6) is -2.07.